The van der Waals surface area contributed by atoms with Crippen LogP contribution in [0.3, 0.4) is 0 Å². The summed E-state index contributed by atoms with van der Waals surface area (Å²) in [5.74, 6) is -0.329. The second kappa shape index (κ2) is 7.37. The molecule has 0 bridgehead atoms. The Balaban J connectivity index is 1.71. The molecule has 0 saturated carbocycles. The highest BCUT2D eigenvalue weighted by molar-refractivity contribution is 5.90. The van der Waals surface area contributed by atoms with Crippen molar-refractivity contribution in [3.8, 4) is 23.2 Å². The quantitative estimate of drug-likeness (QED) is 0.681. The van der Waals surface area contributed by atoms with Gasteiger partial charge in [-0.05, 0) is 36.2 Å². The smallest absolute Gasteiger partial charge is 0.344 e. The molecule has 0 saturated heterocycles. The van der Waals surface area contributed by atoms with E-state index in [2.05, 4.69) is 23.0 Å². The summed E-state index contributed by atoms with van der Waals surface area (Å²) in [6.45, 7) is 2.05. The molecule has 5 nitrogen and oxygen atoms in total. The molecule has 0 aliphatic rings. The van der Waals surface area contributed by atoms with Gasteiger partial charge in [-0.1, -0.05) is 31.2 Å². The van der Waals surface area contributed by atoms with Crippen LogP contribution in [0.5, 0.6) is 5.88 Å². The highest BCUT2D eigenvalue weighted by Gasteiger charge is 2.10. The van der Waals surface area contributed by atoms with E-state index in [9.17, 15) is 4.79 Å². The van der Waals surface area contributed by atoms with Gasteiger partial charge in [0.05, 0.1) is 35.3 Å². The summed E-state index contributed by atoms with van der Waals surface area (Å²) in [6.07, 6.45) is 3.85. The fourth-order valence-corrected chi connectivity index (χ4v) is 2.26. The Morgan fingerprint density at radius 2 is 1.76 bits per heavy atom. The molecular weight excluding hydrogens is 314 g/mol. The Hall–Kier alpha value is -3.52. The number of aromatic nitrogens is 2. The predicted molar refractivity (Wildman–Crippen MR) is 93.0 cm³/mol. The summed E-state index contributed by atoms with van der Waals surface area (Å²) in [6, 6.07) is 16.4. The van der Waals surface area contributed by atoms with E-state index >= 15 is 0 Å². The number of carbonyl (C=O) groups is 1. The average molecular weight is 329 g/mol. The van der Waals surface area contributed by atoms with Crippen molar-refractivity contribution < 1.29 is 9.53 Å². The van der Waals surface area contributed by atoms with Gasteiger partial charge in [-0.2, -0.15) is 5.26 Å². The highest BCUT2D eigenvalue weighted by Crippen LogP contribution is 2.18. The number of aryl methyl sites for hydroxylation is 1. The molecule has 0 unspecified atom stereocenters. The molecule has 25 heavy (non-hydrogen) atoms. The lowest BCUT2D eigenvalue weighted by atomic mass is 10.1. The Morgan fingerprint density at radius 1 is 1.04 bits per heavy atom. The third-order valence-corrected chi connectivity index (χ3v) is 3.73. The summed E-state index contributed by atoms with van der Waals surface area (Å²) in [5, 5.41) is 8.82. The first-order valence-corrected chi connectivity index (χ1v) is 7.83. The van der Waals surface area contributed by atoms with Gasteiger partial charge in [-0.3, -0.25) is 0 Å². The van der Waals surface area contributed by atoms with E-state index in [0.717, 1.165) is 17.5 Å². The molecule has 0 fully saturated rings. The molecule has 1 aromatic heterocycles. The number of ether oxygens (including phenoxy) is 1. The number of carbonyl (C=O) groups excluding carboxylic acids is 1. The summed E-state index contributed by atoms with van der Waals surface area (Å²) in [7, 11) is 0. The molecule has 5 heteroatoms. The lowest BCUT2D eigenvalue weighted by molar-refractivity contribution is 0.0727. The zero-order valence-corrected chi connectivity index (χ0v) is 13.6. The van der Waals surface area contributed by atoms with Gasteiger partial charge in [-0.25, -0.2) is 14.8 Å². The molecule has 0 amide bonds. The van der Waals surface area contributed by atoms with Gasteiger partial charge in [0.1, 0.15) is 0 Å². The van der Waals surface area contributed by atoms with Crippen LogP contribution in [0, 0.1) is 11.3 Å². The molecule has 0 radical (unpaired) electrons. The van der Waals surface area contributed by atoms with E-state index < -0.39 is 5.97 Å². The molecule has 0 spiro atoms. The standard InChI is InChI=1S/C20H15N3O2/c1-2-14-3-9-17(10-4-14)20(24)25-19-13-22-18(12-23-19)16-7-5-15(11-21)6-8-16/h3-10,12-13H,2H2,1H3. The first kappa shape index (κ1) is 16.3. The number of benzene rings is 2. The number of esters is 1. The molecule has 0 aliphatic heterocycles. The van der Waals surface area contributed by atoms with Crippen LogP contribution in [0.25, 0.3) is 11.3 Å². The van der Waals surface area contributed by atoms with E-state index in [4.69, 9.17) is 10.00 Å². The first-order valence-electron chi connectivity index (χ1n) is 7.83. The Kier molecular flexibility index (Phi) is 4.82. The Morgan fingerprint density at radius 3 is 2.32 bits per heavy atom. The molecule has 3 aromatic rings. The van der Waals surface area contributed by atoms with E-state index in [-0.39, 0.29) is 5.88 Å². The second-order valence-electron chi connectivity index (χ2n) is 5.37. The van der Waals surface area contributed by atoms with Crippen molar-refractivity contribution in [3.63, 3.8) is 0 Å². The highest BCUT2D eigenvalue weighted by atomic mass is 16.5. The Bertz CT molecular complexity index is 909. The van der Waals surface area contributed by atoms with Crippen LogP contribution >= 0.6 is 0 Å². The van der Waals surface area contributed by atoms with Crippen molar-refractivity contribution >= 4 is 5.97 Å². The molecule has 0 aliphatic carbocycles. The SMILES string of the molecule is CCc1ccc(C(=O)Oc2cnc(-c3ccc(C#N)cc3)cn2)cc1. The third-order valence-electron chi connectivity index (χ3n) is 3.73. The van der Waals surface area contributed by atoms with Crippen molar-refractivity contribution in [1.29, 1.82) is 5.26 Å². The van der Waals surface area contributed by atoms with Crippen molar-refractivity contribution in [2.75, 3.05) is 0 Å². The molecule has 122 valence electrons. The summed E-state index contributed by atoms with van der Waals surface area (Å²) < 4.78 is 5.25. The van der Waals surface area contributed by atoms with Gasteiger partial charge in [-0.15, -0.1) is 0 Å². The number of hydrogen-bond donors (Lipinski definition) is 0. The van der Waals surface area contributed by atoms with Crippen LogP contribution in [-0.2, 0) is 6.42 Å². The van der Waals surface area contributed by atoms with Crippen LogP contribution in [0.15, 0.2) is 60.9 Å². The third kappa shape index (κ3) is 3.88. The second-order valence-corrected chi connectivity index (χ2v) is 5.37. The zero-order valence-electron chi connectivity index (χ0n) is 13.6. The topological polar surface area (TPSA) is 75.9 Å². The maximum Gasteiger partial charge on any atom is 0.344 e. The number of nitrogens with zero attached hydrogens (tertiary/aromatic N) is 3. The van der Waals surface area contributed by atoms with Crippen molar-refractivity contribution in [2.24, 2.45) is 0 Å². The van der Waals surface area contributed by atoms with Gasteiger partial charge < -0.3 is 4.74 Å². The minimum atomic E-state index is -0.469. The summed E-state index contributed by atoms with van der Waals surface area (Å²) in [5.41, 5.74) is 3.67. The van der Waals surface area contributed by atoms with Crippen LogP contribution < -0.4 is 4.74 Å². The summed E-state index contributed by atoms with van der Waals surface area (Å²) >= 11 is 0. The van der Waals surface area contributed by atoms with Crippen molar-refractivity contribution in [2.45, 2.75) is 13.3 Å². The normalized spacial score (nSPS) is 10.1. The lowest BCUT2D eigenvalue weighted by Gasteiger charge is -2.05. The summed E-state index contributed by atoms with van der Waals surface area (Å²) in [4.78, 5) is 20.5. The van der Waals surface area contributed by atoms with Gasteiger partial charge in [0.15, 0.2) is 0 Å². The fraction of sp³-hybridized carbons (Fsp3) is 0.100. The monoisotopic (exact) mass is 329 g/mol. The van der Waals surface area contributed by atoms with Gasteiger partial charge in [0.25, 0.3) is 0 Å². The van der Waals surface area contributed by atoms with Gasteiger partial charge in [0, 0.05) is 5.56 Å². The molecular formula is C20H15N3O2. The Labute approximate surface area is 145 Å². The van der Waals surface area contributed by atoms with E-state index in [1.165, 1.54) is 12.4 Å². The van der Waals surface area contributed by atoms with Crippen LogP contribution in [0.1, 0.15) is 28.4 Å². The largest absolute Gasteiger partial charge is 0.402 e. The van der Waals surface area contributed by atoms with Crippen LogP contribution in [-0.4, -0.2) is 15.9 Å². The molecule has 1 heterocycles. The first-order chi connectivity index (χ1) is 12.2. The van der Waals surface area contributed by atoms with Crippen LogP contribution in [0.4, 0.5) is 0 Å². The fourth-order valence-electron chi connectivity index (χ4n) is 2.26. The molecule has 0 N–H and O–H groups in total. The minimum Gasteiger partial charge on any atom is -0.402 e. The molecule has 3 rings (SSSR count). The minimum absolute atomic E-state index is 0.141. The number of hydrogen-bond acceptors (Lipinski definition) is 5. The van der Waals surface area contributed by atoms with Crippen molar-refractivity contribution in [3.05, 3.63) is 77.6 Å². The van der Waals surface area contributed by atoms with E-state index in [1.54, 1.807) is 36.4 Å². The van der Waals surface area contributed by atoms with E-state index in [0.29, 0.717) is 16.8 Å². The predicted octanol–water partition coefficient (Wildman–Crippen LogP) is 3.80. The maximum absolute atomic E-state index is 12.1. The lowest BCUT2D eigenvalue weighted by Crippen LogP contribution is -2.09. The van der Waals surface area contributed by atoms with Crippen LogP contribution in [0.2, 0.25) is 0 Å². The zero-order chi connectivity index (χ0) is 17.6. The number of nitriles is 1. The maximum atomic E-state index is 12.1. The molecule has 2 aromatic carbocycles. The van der Waals surface area contributed by atoms with Crippen molar-refractivity contribution in [1.82, 2.24) is 9.97 Å². The molecule has 0 atom stereocenters. The number of rotatable bonds is 4. The van der Waals surface area contributed by atoms with E-state index in [1.807, 2.05) is 12.1 Å². The average Bonchev–Trinajstić information content (AvgIpc) is 2.68. The van der Waals surface area contributed by atoms with Gasteiger partial charge in [0.2, 0.25) is 5.88 Å². The van der Waals surface area contributed by atoms with Gasteiger partial charge >= 0.3 is 5.97 Å².